The molecular formula is C10H20N2. The normalized spacial score (nSPS) is 11.3. The van der Waals surface area contributed by atoms with E-state index in [0.717, 1.165) is 6.34 Å². The number of nitrogens with one attached hydrogen (secondary N) is 1. The lowest BCUT2D eigenvalue weighted by atomic mass is 10.1. The zero-order valence-electron chi connectivity index (χ0n) is 8.76. The minimum atomic E-state index is 0.494. The van der Waals surface area contributed by atoms with Gasteiger partial charge in [-0.3, -0.25) is 5.41 Å². The molecule has 0 spiro atoms. The summed E-state index contributed by atoms with van der Waals surface area (Å²) >= 11 is 0. The van der Waals surface area contributed by atoms with Crippen molar-refractivity contribution in [2.45, 2.75) is 34.6 Å². The summed E-state index contributed by atoms with van der Waals surface area (Å²) in [7, 11) is 0. The molecule has 0 amide bonds. The van der Waals surface area contributed by atoms with Gasteiger partial charge in [-0.1, -0.05) is 33.8 Å². The minimum Gasteiger partial charge on any atom is -0.290 e. The summed E-state index contributed by atoms with van der Waals surface area (Å²) in [5, 5.41) is 6.66. The van der Waals surface area contributed by atoms with E-state index in [-0.39, 0.29) is 0 Å². The molecule has 0 aromatic carbocycles. The van der Waals surface area contributed by atoms with Crippen LogP contribution in [0.25, 0.3) is 0 Å². The van der Waals surface area contributed by atoms with E-state index in [0.29, 0.717) is 5.92 Å². The number of allylic oxidation sites excluding steroid dienone is 2. The average molecular weight is 168 g/mol. The third-order valence-corrected chi connectivity index (χ3v) is 1.30. The topological polar surface area (TPSA) is 36.2 Å². The van der Waals surface area contributed by atoms with Gasteiger partial charge in [0, 0.05) is 6.21 Å². The highest BCUT2D eigenvalue weighted by Gasteiger charge is 1.95. The summed E-state index contributed by atoms with van der Waals surface area (Å²) in [5.41, 5.74) is 1.17. The Morgan fingerprint density at radius 2 is 1.83 bits per heavy atom. The molecule has 0 aromatic heterocycles. The fourth-order valence-electron chi connectivity index (χ4n) is 0.680. The van der Waals surface area contributed by atoms with Gasteiger partial charge in [0.25, 0.3) is 0 Å². The van der Waals surface area contributed by atoms with E-state index in [1.54, 1.807) is 6.21 Å². The first-order valence-electron chi connectivity index (χ1n) is 4.40. The Morgan fingerprint density at radius 1 is 1.33 bits per heavy atom. The van der Waals surface area contributed by atoms with Crippen LogP contribution in [0.1, 0.15) is 34.6 Å². The summed E-state index contributed by atoms with van der Waals surface area (Å²) in [5.74, 6) is 0.494. The van der Waals surface area contributed by atoms with Crippen molar-refractivity contribution in [3.05, 3.63) is 11.6 Å². The lowest BCUT2D eigenvalue weighted by molar-refractivity contribution is 0.805. The maximum Gasteiger partial charge on any atom is 0.106 e. The SMILES string of the molecule is C/C=C(\C=NC=N)C(C)C.CC. The highest BCUT2D eigenvalue weighted by atomic mass is 14.7. The van der Waals surface area contributed by atoms with Gasteiger partial charge in [0.2, 0.25) is 0 Å². The Labute approximate surface area is 75.9 Å². The summed E-state index contributed by atoms with van der Waals surface area (Å²) in [6.45, 7) is 10.2. The Morgan fingerprint density at radius 3 is 2.08 bits per heavy atom. The van der Waals surface area contributed by atoms with E-state index in [4.69, 9.17) is 5.41 Å². The van der Waals surface area contributed by atoms with Crippen molar-refractivity contribution in [2.75, 3.05) is 0 Å². The van der Waals surface area contributed by atoms with E-state index in [9.17, 15) is 0 Å². The van der Waals surface area contributed by atoms with Crippen LogP contribution in [-0.4, -0.2) is 12.6 Å². The number of nitrogens with zero attached hydrogens (tertiary/aromatic N) is 1. The van der Waals surface area contributed by atoms with Crippen LogP contribution in [0.4, 0.5) is 0 Å². The molecule has 0 radical (unpaired) electrons. The Bertz CT molecular complexity index is 155. The lowest BCUT2D eigenvalue weighted by Gasteiger charge is -2.02. The van der Waals surface area contributed by atoms with Crippen LogP contribution in [0.2, 0.25) is 0 Å². The largest absolute Gasteiger partial charge is 0.290 e. The van der Waals surface area contributed by atoms with Gasteiger partial charge in [-0.15, -0.1) is 0 Å². The molecule has 0 aliphatic heterocycles. The minimum absolute atomic E-state index is 0.494. The van der Waals surface area contributed by atoms with Gasteiger partial charge in [0.05, 0.1) is 0 Å². The second-order valence-corrected chi connectivity index (χ2v) is 2.35. The molecule has 0 atom stereocenters. The summed E-state index contributed by atoms with van der Waals surface area (Å²) < 4.78 is 0. The summed E-state index contributed by atoms with van der Waals surface area (Å²) in [6, 6.07) is 0. The van der Waals surface area contributed by atoms with Crippen LogP contribution in [0.3, 0.4) is 0 Å². The second-order valence-electron chi connectivity index (χ2n) is 2.35. The number of hydrogen-bond donors (Lipinski definition) is 1. The van der Waals surface area contributed by atoms with Gasteiger partial charge in [-0.05, 0) is 18.4 Å². The van der Waals surface area contributed by atoms with Crippen molar-refractivity contribution in [3.8, 4) is 0 Å². The molecule has 70 valence electrons. The van der Waals surface area contributed by atoms with Crippen LogP contribution in [0.5, 0.6) is 0 Å². The molecular weight excluding hydrogens is 148 g/mol. The quantitative estimate of drug-likeness (QED) is 0.496. The lowest BCUT2D eigenvalue weighted by Crippen LogP contribution is -1.94. The van der Waals surface area contributed by atoms with Gasteiger partial charge in [0.15, 0.2) is 0 Å². The van der Waals surface area contributed by atoms with Crippen molar-refractivity contribution >= 4 is 12.6 Å². The molecule has 0 aromatic rings. The van der Waals surface area contributed by atoms with E-state index in [1.165, 1.54) is 5.57 Å². The van der Waals surface area contributed by atoms with Gasteiger partial charge in [-0.25, -0.2) is 4.99 Å². The standard InChI is InChI=1S/C8H14N2.C2H6/c1-4-8(7(2)3)5-10-6-9;1-2/h4-7,9H,1-3H3;1-2H3/b8-4+,9-6?,10-5?;. The van der Waals surface area contributed by atoms with Gasteiger partial charge in [0.1, 0.15) is 6.34 Å². The predicted octanol–water partition coefficient (Wildman–Crippen LogP) is 3.29. The smallest absolute Gasteiger partial charge is 0.106 e. The first kappa shape index (κ1) is 13.7. The van der Waals surface area contributed by atoms with Crippen LogP contribution < -0.4 is 0 Å². The van der Waals surface area contributed by atoms with Crippen LogP contribution in [-0.2, 0) is 0 Å². The number of rotatable bonds is 3. The van der Waals surface area contributed by atoms with E-state index in [1.807, 2.05) is 26.8 Å². The molecule has 0 unspecified atom stereocenters. The summed E-state index contributed by atoms with van der Waals surface area (Å²) in [6.07, 6.45) is 4.78. The maximum absolute atomic E-state index is 6.66. The van der Waals surface area contributed by atoms with Gasteiger partial charge in [-0.2, -0.15) is 0 Å². The van der Waals surface area contributed by atoms with E-state index < -0.39 is 0 Å². The monoisotopic (exact) mass is 168 g/mol. The molecule has 0 aliphatic rings. The van der Waals surface area contributed by atoms with Crippen LogP contribution >= 0.6 is 0 Å². The number of aliphatic imine (C=N–C) groups is 1. The molecule has 0 fully saturated rings. The fraction of sp³-hybridized carbons (Fsp3) is 0.600. The summed E-state index contributed by atoms with van der Waals surface area (Å²) in [4.78, 5) is 3.71. The first-order chi connectivity index (χ1) is 5.72. The number of hydrogen-bond acceptors (Lipinski definition) is 1. The maximum atomic E-state index is 6.66. The zero-order valence-corrected chi connectivity index (χ0v) is 8.76. The Balaban J connectivity index is 0. The van der Waals surface area contributed by atoms with Crippen LogP contribution in [0, 0.1) is 11.3 Å². The van der Waals surface area contributed by atoms with Crippen molar-refractivity contribution in [2.24, 2.45) is 10.9 Å². The predicted molar refractivity (Wildman–Crippen MR) is 57.2 cm³/mol. The second kappa shape index (κ2) is 10.1. The molecule has 0 heterocycles. The van der Waals surface area contributed by atoms with E-state index in [2.05, 4.69) is 18.8 Å². The fourth-order valence-corrected chi connectivity index (χ4v) is 0.680. The van der Waals surface area contributed by atoms with E-state index >= 15 is 0 Å². The van der Waals surface area contributed by atoms with Crippen molar-refractivity contribution < 1.29 is 0 Å². The molecule has 12 heavy (non-hydrogen) atoms. The first-order valence-corrected chi connectivity index (χ1v) is 4.40. The molecule has 0 saturated heterocycles. The molecule has 0 bridgehead atoms. The van der Waals surface area contributed by atoms with Crippen molar-refractivity contribution in [3.63, 3.8) is 0 Å². The highest BCUT2D eigenvalue weighted by molar-refractivity contribution is 5.84. The zero-order chi connectivity index (χ0) is 9.98. The molecule has 0 aliphatic carbocycles. The Kier molecular flexibility index (Phi) is 11.5. The molecule has 0 rings (SSSR count). The molecule has 2 nitrogen and oxygen atoms in total. The average Bonchev–Trinajstić information content (AvgIpc) is 2.09. The molecule has 2 heteroatoms. The van der Waals surface area contributed by atoms with Crippen molar-refractivity contribution in [1.82, 2.24) is 0 Å². The third-order valence-electron chi connectivity index (χ3n) is 1.30. The third kappa shape index (κ3) is 7.19. The van der Waals surface area contributed by atoms with Gasteiger partial charge < -0.3 is 0 Å². The van der Waals surface area contributed by atoms with Crippen LogP contribution in [0.15, 0.2) is 16.6 Å². The van der Waals surface area contributed by atoms with Crippen molar-refractivity contribution in [1.29, 1.82) is 5.41 Å². The highest BCUT2D eigenvalue weighted by Crippen LogP contribution is 2.05. The molecule has 1 N–H and O–H groups in total. The van der Waals surface area contributed by atoms with Gasteiger partial charge >= 0.3 is 0 Å². The Hall–Kier alpha value is -0.920. The molecule has 0 saturated carbocycles.